The van der Waals surface area contributed by atoms with Crippen LogP contribution in [0.2, 0.25) is 0 Å². The van der Waals surface area contributed by atoms with Crippen molar-refractivity contribution in [3.05, 3.63) is 198 Å². The van der Waals surface area contributed by atoms with Crippen LogP contribution in [0.15, 0.2) is 182 Å². The first-order valence-electron chi connectivity index (χ1n) is 19.7. The fourth-order valence-electron chi connectivity index (χ4n) is 9.57. The molecule has 0 saturated heterocycles. The van der Waals surface area contributed by atoms with Gasteiger partial charge in [0, 0.05) is 53.4 Å². The lowest BCUT2D eigenvalue weighted by molar-refractivity contribution is 0.782. The first kappa shape index (κ1) is 32.3. The summed E-state index contributed by atoms with van der Waals surface area (Å²) in [6, 6.07) is 55.8. The van der Waals surface area contributed by atoms with Crippen LogP contribution in [-0.2, 0) is 0 Å². The fourth-order valence-corrected chi connectivity index (χ4v) is 10.7. The number of fused-ring (bicyclic) bond motifs is 12. The van der Waals surface area contributed by atoms with Gasteiger partial charge in [-0.05, 0) is 98.4 Å². The molecule has 1 unspecified atom stereocenters. The van der Waals surface area contributed by atoms with Crippen molar-refractivity contribution < 1.29 is 0 Å². The minimum absolute atomic E-state index is 0.126. The van der Waals surface area contributed by atoms with Crippen molar-refractivity contribution in [1.82, 2.24) is 4.40 Å². The highest BCUT2D eigenvalue weighted by molar-refractivity contribution is 7.25. The molecular weight excluding hydrogens is 709 g/mol. The maximum atomic E-state index is 4.60. The Morgan fingerprint density at radius 3 is 2.00 bits per heavy atom. The lowest BCUT2D eigenvalue weighted by Crippen LogP contribution is -2.29. The Morgan fingerprint density at radius 2 is 1.23 bits per heavy atom. The summed E-state index contributed by atoms with van der Waals surface area (Å²) in [5, 5.41) is 16.3. The van der Waals surface area contributed by atoms with E-state index < -0.39 is 0 Å². The quantitative estimate of drug-likeness (QED) is 0.159. The average molecular weight is 745 g/mol. The summed E-state index contributed by atoms with van der Waals surface area (Å²) in [5.74, 6) is 0. The standard InChI is InChI=1S/C54H36N2S/c1-34-39-18-10-19-47-45-16-6-8-20-51(45)56(54(39)47)50(34)21-11-31-55(38-28-29-44-42-14-3-2-12-40(42)41-13-4-5-15-43(41)48(44)33-38)37-26-23-35(24-27-37)36-25-30-53-49(32-36)46-17-7-9-22-52(46)57-53/h2-26,28-33,37H,1,27H2/b31-11+,50-21+. The molecular formula is C54H36N2S. The fraction of sp³-hybridized carbons (Fsp3) is 0.0370. The number of hydrogen-bond acceptors (Lipinski definition) is 2. The summed E-state index contributed by atoms with van der Waals surface area (Å²) in [4.78, 5) is 2.45. The Bertz CT molecular complexity index is 3620. The van der Waals surface area contributed by atoms with Crippen molar-refractivity contribution in [2.75, 3.05) is 4.90 Å². The monoisotopic (exact) mass is 744 g/mol. The van der Waals surface area contributed by atoms with Gasteiger partial charge in [0.25, 0.3) is 0 Å². The van der Waals surface area contributed by atoms with Gasteiger partial charge in [-0.3, -0.25) is 0 Å². The van der Waals surface area contributed by atoms with E-state index in [2.05, 4.69) is 204 Å². The highest BCUT2D eigenvalue weighted by Gasteiger charge is 2.20. The lowest BCUT2D eigenvalue weighted by Gasteiger charge is -2.30. The third-order valence-corrected chi connectivity index (χ3v) is 13.4. The zero-order chi connectivity index (χ0) is 37.6. The molecule has 0 bridgehead atoms. The molecule has 0 saturated carbocycles. The second-order valence-corrected chi connectivity index (χ2v) is 16.4. The van der Waals surface area contributed by atoms with Crippen molar-refractivity contribution >= 4 is 115 Å². The zero-order valence-corrected chi connectivity index (χ0v) is 32.0. The molecule has 57 heavy (non-hydrogen) atoms. The van der Waals surface area contributed by atoms with E-state index in [9.17, 15) is 0 Å². The molecule has 3 heterocycles. The normalized spacial score (nSPS) is 15.3. The molecule has 0 fully saturated rings. The summed E-state index contributed by atoms with van der Waals surface area (Å²) >= 11 is 1.87. The first-order valence-corrected chi connectivity index (χ1v) is 20.5. The minimum Gasteiger partial charge on any atom is -0.341 e. The Balaban J connectivity index is 0.997. The van der Waals surface area contributed by atoms with E-state index >= 15 is 0 Å². The van der Waals surface area contributed by atoms with Gasteiger partial charge in [0.2, 0.25) is 0 Å². The van der Waals surface area contributed by atoms with Gasteiger partial charge in [0.1, 0.15) is 0 Å². The van der Waals surface area contributed by atoms with Crippen molar-refractivity contribution in [2.24, 2.45) is 0 Å². The third-order valence-electron chi connectivity index (χ3n) is 12.2. The van der Waals surface area contributed by atoms with Crippen LogP contribution in [0.5, 0.6) is 0 Å². The van der Waals surface area contributed by atoms with Crippen LogP contribution in [0, 0.1) is 0 Å². The Morgan fingerprint density at radius 1 is 0.579 bits per heavy atom. The molecule has 0 radical (unpaired) electrons. The van der Waals surface area contributed by atoms with E-state index in [1.807, 2.05) is 11.3 Å². The van der Waals surface area contributed by atoms with E-state index in [-0.39, 0.29) is 6.04 Å². The summed E-state index contributed by atoms with van der Waals surface area (Å²) in [6.45, 7) is 4.60. The summed E-state index contributed by atoms with van der Waals surface area (Å²) < 4.78 is 5.07. The van der Waals surface area contributed by atoms with Crippen molar-refractivity contribution in [1.29, 1.82) is 0 Å². The number of rotatable bonds is 5. The molecule has 2 nitrogen and oxygen atoms in total. The van der Waals surface area contributed by atoms with Gasteiger partial charge >= 0.3 is 0 Å². The summed E-state index contributed by atoms with van der Waals surface area (Å²) in [5.41, 5.74) is 6.16. The van der Waals surface area contributed by atoms with Crippen molar-refractivity contribution in [3.63, 3.8) is 0 Å². The van der Waals surface area contributed by atoms with Gasteiger partial charge < -0.3 is 9.30 Å². The molecule has 1 atom stereocenters. The summed E-state index contributed by atoms with van der Waals surface area (Å²) in [7, 11) is 0. The number of anilines is 1. The maximum absolute atomic E-state index is 4.60. The van der Waals surface area contributed by atoms with Gasteiger partial charge in [0.05, 0.1) is 22.4 Å². The molecule has 11 aromatic rings. The molecule has 3 aromatic heterocycles. The molecule has 3 heteroatoms. The van der Waals surface area contributed by atoms with Crippen molar-refractivity contribution in [3.8, 4) is 0 Å². The van der Waals surface area contributed by atoms with E-state index in [1.165, 1.54) is 90.8 Å². The number of hydrogen-bond donors (Lipinski definition) is 0. The Hall–Kier alpha value is -6.94. The first-order chi connectivity index (χ1) is 28.2. The molecule has 1 aliphatic carbocycles. The van der Waals surface area contributed by atoms with Crippen LogP contribution in [0.1, 0.15) is 12.0 Å². The van der Waals surface area contributed by atoms with Gasteiger partial charge in [-0.1, -0.05) is 140 Å². The Kier molecular flexibility index (Phi) is 7.11. The van der Waals surface area contributed by atoms with Crippen LogP contribution in [-0.4, -0.2) is 10.4 Å². The van der Waals surface area contributed by atoms with Crippen LogP contribution in [0.3, 0.4) is 0 Å². The zero-order valence-electron chi connectivity index (χ0n) is 31.2. The number of aromatic nitrogens is 1. The highest BCUT2D eigenvalue weighted by atomic mass is 32.1. The SMILES string of the molecule is C=c1/c(=C\C=C\N(c2ccc3c4ccccc4c4ccccc4c3c2)C2C=CC(c3ccc4sc5ccccc5c4c3)=CC2)n2c3ccccc3c3cccc1c32. The maximum Gasteiger partial charge on any atom is 0.0620 e. The molecule has 1 aliphatic rings. The number of benzene rings is 8. The number of para-hydroxylation sites is 2. The molecule has 0 N–H and O–H groups in total. The minimum atomic E-state index is 0.126. The highest BCUT2D eigenvalue weighted by Crippen LogP contribution is 2.39. The summed E-state index contributed by atoms with van der Waals surface area (Å²) in [6.07, 6.45) is 14.8. The van der Waals surface area contributed by atoms with E-state index in [0.717, 1.165) is 22.7 Å². The molecule has 268 valence electrons. The number of thiophene rings is 1. The van der Waals surface area contributed by atoms with Crippen LogP contribution in [0.4, 0.5) is 5.69 Å². The predicted octanol–water partition coefficient (Wildman–Crippen LogP) is 13.1. The van der Waals surface area contributed by atoms with E-state index in [4.69, 9.17) is 0 Å². The lowest BCUT2D eigenvalue weighted by atomic mass is 9.93. The van der Waals surface area contributed by atoms with E-state index in [0.29, 0.717) is 0 Å². The second kappa shape index (κ2) is 12.5. The molecule has 8 aromatic carbocycles. The van der Waals surface area contributed by atoms with Crippen molar-refractivity contribution in [2.45, 2.75) is 12.5 Å². The molecule has 0 aliphatic heterocycles. The van der Waals surface area contributed by atoms with Crippen LogP contribution < -0.4 is 15.5 Å². The van der Waals surface area contributed by atoms with E-state index in [1.54, 1.807) is 0 Å². The molecule has 0 amide bonds. The third kappa shape index (κ3) is 4.89. The molecule has 0 spiro atoms. The van der Waals surface area contributed by atoms with Crippen LogP contribution in [0.25, 0.3) is 97.9 Å². The van der Waals surface area contributed by atoms with Gasteiger partial charge in [-0.15, -0.1) is 11.3 Å². The molecule has 12 rings (SSSR count). The topological polar surface area (TPSA) is 7.65 Å². The number of allylic oxidation sites excluding steroid dienone is 3. The second-order valence-electron chi connectivity index (χ2n) is 15.3. The van der Waals surface area contributed by atoms with Gasteiger partial charge in [-0.25, -0.2) is 0 Å². The number of nitrogens with zero attached hydrogens (tertiary/aromatic N) is 2. The van der Waals surface area contributed by atoms with Crippen LogP contribution >= 0.6 is 11.3 Å². The predicted molar refractivity (Wildman–Crippen MR) is 248 cm³/mol. The van der Waals surface area contributed by atoms with Gasteiger partial charge in [0.15, 0.2) is 0 Å². The Labute approximate surface area is 333 Å². The smallest absolute Gasteiger partial charge is 0.0620 e. The van der Waals surface area contributed by atoms with Gasteiger partial charge in [-0.2, -0.15) is 0 Å². The largest absolute Gasteiger partial charge is 0.341 e. The average Bonchev–Trinajstić information content (AvgIpc) is 3.91.